The van der Waals surface area contributed by atoms with Gasteiger partial charge in [0.2, 0.25) is 5.78 Å². The summed E-state index contributed by atoms with van der Waals surface area (Å²) in [5.41, 5.74) is 0.992. The quantitative estimate of drug-likeness (QED) is 0.797. The van der Waals surface area contributed by atoms with E-state index in [0.29, 0.717) is 29.0 Å². The fraction of sp³-hybridized carbons (Fsp3) is 0.353. The van der Waals surface area contributed by atoms with Crippen molar-refractivity contribution in [2.24, 2.45) is 5.92 Å². The van der Waals surface area contributed by atoms with Gasteiger partial charge in [-0.1, -0.05) is 38.1 Å². The number of fused-ring (bicyclic) bond motifs is 1. The molecule has 0 heterocycles. The summed E-state index contributed by atoms with van der Waals surface area (Å²) < 4.78 is 5.05. The van der Waals surface area contributed by atoms with E-state index in [1.807, 2.05) is 13.8 Å². The summed E-state index contributed by atoms with van der Waals surface area (Å²) in [4.78, 5) is 36.3. The number of esters is 1. The number of ketones is 2. The predicted octanol–water partition coefficient (Wildman–Crippen LogP) is 3.32. The first-order chi connectivity index (χ1) is 9.91. The third kappa shape index (κ3) is 3.10. The van der Waals surface area contributed by atoms with Crippen molar-refractivity contribution in [3.8, 4) is 0 Å². The van der Waals surface area contributed by atoms with Gasteiger partial charge in [-0.3, -0.25) is 14.4 Å². The molecule has 0 spiro atoms. The molecule has 0 saturated heterocycles. The molecule has 4 nitrogen and oxygen atoms in total. The Labute approximate surface area is 123 Å². The van der Waals surface area contributed by atoms with E-state index in [2.05, 4.69) is 0 Å². The highest BCUT2D eigenvalue weighted by atomic mass is 16.5. The standard InChI is InChI=1S/C17H18O4/c1-10(2)8-9-14-15(19)12-6-4-5-7-13(12)16(20)17(14)21-11(3)18/h4-7,10H,8-9H2,1-3H3. The second-order valence-electron chi connectivity index (χ2n) is 5.54. The Morgan fingerprint density at radius 1 is 1.10 bits per heavy atom. The van der Waals surface area contributed by atoms with Gasteiger partial charge in [0.1, 0.15) is 0 Å². The van der Waals surface area contributed by atoms with Crippen molar-refractivity contribution in [2.75, 3.05) is 0 Å². The minimum absolute atomic E-state index is 0.105. The van der Waals surface area contributed by atoms with Crippen molar-refractivity contribution < 1.29 is 19.1 Å². The van der Waals surface area contributed by atoms with Crippen LogP contribution in [0.5, 0.6) is 0 Å². The summed E-state index contributed by atoms with van der Waals surface area (Å²) >= 11 is 0. The lowest BCUT2D eigenvalue weighted by Gasteiger charge is -2.20. The van der Waals surface area contributed by atoms with E-state index in [-0.39, 0.29) is 17.3 Å². The highest BCUT2D eigenvalue weighted by molar-refractivity contribution is 6.26. The van der Waals surface area contributed by atoms with Crippen LogP contribution in [0.2, 0.25) is 0 Å². The third-order valence-corrected chi connectivity index (χ3v) is 3.39. The second kappa shape index (κ2) is 6.04. The Morgan fingerprint density at radius 3 is 2.19 bits per heavy atom. The Morgan fingerprint density at radius 2 is 1.67 bits per heavy atom. The molecule has 110 valence electrons. The Kier molecular flexibility index (Phi) is 4.36. The van der Waals surface area contributed by atoms with E-state index in [1.165, 1.54) is 6.92 Å². The zero-order valence-electron chi connectivity index (χ0n) is 12.4. The zero-order chi connectivity index (χ0) is 15.6. The Balaban J connectivity index is 2.49. The molecule has 1 aliphatic carbocycles. The summed E-state index contributed by atoms with van der Waals surface area (Å²) in [7, 11) is 0. The molecule has 2 rings (SSSR count). The number of rotatable bonds is 4. The van der Waals surface area contributed by atoms with Gasteiger partial charge in [-0.25, -0.2) is 0 Å². The lowest BCUT2D eigenvalue weighted by Crippen LogP contribution is -2.25. The van der Waals surface area contributed by atoms with Crippen molar-refractivity contribution in [1.82, 2.24) is 0 Å². The van der Waals surface area contributed by atoms with E-state index in [1.54, 1.807) is 24.3 Å². The molecule has 21 heavy (non-hydrogen) atoms. The van der Waals surface area contributed by atoms with Gasteiger partial charge in [-0.2, -0.15) is 0 Å². The van der Waals surface area contributed by atoms with Crippen LogP contribution in [0.1, 0.15) is 54.3 Å². The molecular weight excluding hydrogens is 268 g/mol. The highest BCUT2D eigenvalue weighted by Crippen LogP contribution is 2.30. The smallest absolute Gasteiger partial charge is 0.308 e. The number of Topliss-reactive ketones (excluding diaryl/α,β-unsaturated/α-hetero) is 2. The number of hydrogen-bond acceptors (Lipinski definition) is 4. The van der Waals surface area contributed by atoms with Crippen molar-refractivity contribution in [3.05, 3.63) is 46.7 Å². The molecular formula is C17H18O4. The summed E-state index contributed by atoms with van der Waals surface area (Å²) in [6, 6.07) is 6.63. The maximum atomic E-state index is 12.6. The van der Waals surface area contributed by atoms with Crippen LogP contribution >= 0.6 is 0 Å². The summed E-state index contributed by atoms with van der Waals surface area (Å²) in [6.45, 7) is 5.30. The molecule has 1 aromatic rings. The lowest BCUT2D eigenvalue weighted by molar-refractivity contribution is -0.136. The van der Waals surface area contributed by atoms with E-state index < -0.39 is 5.97 Å². The van der Waals surface area contributed by atoms with Crippen molar-refractivity contribution in [1.29, 1.82) is 0 Å². The monoisotopic (exact) mass is 286 g/mol. The zero-order valence-corrected chi connectivity index (χ0v) is 12.4. The summed E-state index contributed by atoms with van der Waals surface area (Å²) in [5.74, 6) is -0.920. The maximum Gasteiger partial charge on any atom is 0.308 e. The second-order valence-corrected chi connectivity index (χ2v) is 5.54. The van der Waals surface area contributed by atoms with Gasteiger partial charge in [0, 0.05) is 23.6 Å². The molecule has 0 radical (unpaired) electrons. The number of carbonyl (C=O) groups is 3. The van der Waals surface area contributed by atoms with Crippen LogP contribution in [-0.4, -0.2) is 17.5 Å². The lowest BCUT2D eigenvalue weighted by atomic mass is 9.85. The third-order valence-electron chi connectivity index (χ3n) is 3.39. The molecule has 0 bridgehead atoms. The predicted molar refractivity (Wildman–Crippen MR) is 78.0 cm³/mol. The molecule has 1 aromatic carbocycles. The van der Waals surface area contributed by atoms with Crippen LogP contribution in [0.4, 0.5) is 0 Å². The van der Waals surface area contributed by atoms with Crippen LogP contribution in [0, 0.1) is 5.92 Å². The SMILES string of the molecule is CC(=O)OC1=C(CCC(C)C)C(=O)c2ccccc2C1=O. The van der Waals surface area contributed by atoms with Gasteiger partial charge >= 0.3 is 5.97 Å². The summed E-state index contributed by atoms with van der Waals surface area (Å²) in [6.07, 6.45) is 1.18. The van der Waals surface area contributed by atoms with Gasteiger partial charge in [-0.15, -0.1) is 0 Å². The van der Waals surface area contributed by atoms with Crippen molar-refractivity contribution in [2.45, 2.75) is 33.6 Å². The van der Waals surface area contributed by atoms with Gasteiger partial charge < -0.3 is 4.74 Å². The van der Waals surface area contributed by atoms with Gasteiger partial charge in [0.15, 0.2) is 11.5 Å². The van der Waals surface area contributed by atoms with Crippen LogP contribution < -0.4 is 0 Å². The molecule has 0 aliphatic heterocycles. The van der Waals surface area contributed by atoms with Gasteiger partial charge in [-0.05, 0) is 18.8 Å². The number of allylic oxidation sites excluding steroid dienone is 2. The van der Waals surface area contributed by atoms with Crippen LogP contribution in [0.15, 0.2) is 35.6 Å². The number of hydrogen-bond donors (Lipinski definition) is 0. The van der Waals surface area contributed by atoms with Gasteiger partial charge in [0.25, 0.3) is 0 Å². The first-order valence-corrected chi connectivity index (χ1v) is 7.01. The van der Waals surface area contributed by atoms with Crippen molar-refractivity contribution >= 4 is 17.5 Å². The maximum absolute atomic E-state index is 12.6. The van der Waals surface area contributed by atoms with Crippen LogP contribution in [0.25, 0.3) is 0 Å². The minimum Gasteiger partial charge on any atom is -0.422 e. The Hall–Kier alpha value is -2.23. The van der Waals surface area contributed by atoms with E-state index >= 15 is 0 Å². The highest BCUT2D eigenvalue weighted by Gasteiger charge is 2.33. The van der Waals surface area contributed by atoms with Gasteiger partial charge in [0.05, 0.1) is 0 Å². The topological polar surface area (TPSA) is 60.4 Å². The molecule has 0 unspecified atom stereocenters. The Bertz CT molecular complexity index is 638. The van der Waals surface area contributed by atoms with E-state index in [9.17, 15) is 14.4 Å². The molecule has 4 heteroatoms. The average molecular weight is 286 g/mol. The average Bonchev–Trinajstić information content (AvgIpc) is 2.43. The molecule has 1 aliphatic rings. The van der Waals surface area contributed by atoms with Crippen LogP contribution in [-0.2, 0) is 9.53 Å². The number of ether oxygens (including phenoxy) is 1. The number of benzene rings is 1. The minimum atomic E-state index is -0.590. The molecule has 0 amide bonds. The fourth-order valence-corrected chi connectivity index (χ4v) is 2.32. The molecule has 0 atom stereocenters. The van der Waals surface area contributed by atoms with Crippen LogP contribution in [0.3, 0.4) is 0 Å². The normalized spacial score (nSPS) is 14.5. The largest absolute Gasteiger partial charge is 0.422 e. The number of carbonyl (C=O) groups excluding carboxylic acids is 3. The summed E-state index contributed by atoms with van der Waals surface area (Å²) in [5, 5.41) is 0. The first kappa shape index (κ1) is 15.2. The molecule has 0 N–H and O–H groups in total. The molecule has 0 aromatic heterocycles. The van der Waals surface area contributed by atoms with E-state index in [4.69, 9.17) is 4.74 Å². The molecule has 0 fully saturated rings. The van der Waals surface area contributed by atoms with E-state index in [0.717, 1.165) is 6.42 Å². The first-order valence-electron chi connectivity index (χ1n) is 7.01. The fourth-order valence-electron chi connectivity index (χ4n) is 2.32. The molecule has 0 saturated carbocycles. The van der Waals surface area contributed by atoms with Crippen molar-refractivity contribution in [3.63, 3.8) is 0 Å².